The first-order valence-electron chi connectivity index (χ1n) is 4.50. The number of nitrogens with two attached hydrogens (primary N) is 1. The van der Waals surface area contributed by atoms with E-state index in [4.69, 9.17) is 22.1 Å². The van der Waals surface area contributed by atoms with Crippen LogP contribution in [-0.4, -0.2) is 4.98 Å². The van der Waals surface area contributed by atoms with Crippen molar-refractivity contribution in [3.63, 3.8) is 0 Å². The maximum atomic E-state index is 13.2. The minimum absolute atomic E-state index is 0.0941. The SMILES string of the molecule is Nc1ccc(Oc2ncccc2F)cc1Cl. The summed E-state index contributed by atoms with van der Waals surface area (Å²) in [6, 6.07) is 7.43. The van der Waals surface area contributed by atoms with Gasteiger partial charge in [0.15, 0.2) is 5.82 Å². The van der Waals surface area contributed by atoms with Crippen LogP contribution in [0.5, 0.6) is 11.6 Å². The second kappa shape index (κ2) is 4.37. The molecular weight excluding hydrogens is 231 g/mol. The molecule has 2 rings (SSSR count). The van der Waals surface area contributed by atoms with E-state index in [1.54, 1.807) is 12.1 Å². The van der Waals surface area contributed by atoms with Crippen LogP contribution in [0.4, 0.5) is 10.1 Å². The van der Waals surface area contributed by atoms with Crippen LogP contribution in [-0.2, 0) is 0 Å². The molecule has 0 bridgehead atoms. The summed E-state index contributed by atoms with van der Waals surface area (Å²) in [5.74, 6) is -0.240. The van der Waals surface area contributed by atoms with Crippen molar-refractivity contribution in [2.45, 2.75) is 0 Å². The van der Waals surface area contributed by atoms with Crippen molar-refractivity contribution >= 4 is 17.3 Å². The van der Waals surface area contributed by atoms with Gasteiger partial charge in [0, 0.05) is 12.3 Å². The fourth-order valence-electron chi connectivity index (χ4n) is 1.13. The molecule has 0 fully saturated rings. The number of hydrogen-bond acceptors (Lipinski definition) is 3. The molecule has 2 aromatic rings. The zero-order valence-electron chi connectivity index (χ0n) is 8.15. The van der Waals surface area contributed by atoms with Crippen molar-refractivity contribution < 1.29 is 9.13 Å². The van der Waals surface area contributed by atoms with Gasteiger partial charge in [0.25, 0.3) is 5.88 Å². The third kappa shape index (κ3) is 2.23. The van der Waals surface area contributed by atoms with Crippen LogP contribution in [0.15, 0.2) is 36.5 Å². The van der Waals surface area contributed by atoms with Crippen LogP contribution in [0.1, 0.15) is 0 Å². The molecule has 5 heteroatoms. The maximum absolute atomic E-state index is 13.2. The van der Waals surface area contributed by atoms with Gasteiger partial charge in [-0.05, 0) is 24.3 Å². The summed E-state index contributed by atoms with van der Waals surface area (Å²) in [5, 5.41) is 0.355. The molecule has 0 aliphatic heterocycles. The molecule has 0 unspecified atom stereocenters. The van der Waals surface area contributed by atoms with Crippen molar-refractivity contribution in [1.82, 2.24) is 4.98 Å². The van der Waals surface area contributed by atoms with E-state index in [0.29, 0.717) is 16.5 Å². The number of benzene rings is 1. The van der Waals surface area contributed by atoms with E-state index in [0.717, 1.165) is 0 Å². The lowest BCUT2D eigenvalue weighted by Crippen LogP contribution is -1.92. The quantitative estimate of drug-likeness (QED) is 0.817. The molecular formula is C11H8ClFN2O. The Kier molecular flexibility index (Phi) is 2.92. The average molecular weight is 239 g/mol. The van der Waals surface area contributed by atoms with E-state index < -0.39 is 5.82 Å². The number of halogens is 2. The molecule has 1 heterocycles. The van der Waals surface area contributed by atoms with Crippen molar-refractivity contribution in [1.29, 1.82) is 0 Å². The second-order valence-electron chi connectivity index (χ2n) is 3.08. The molecule has 0 saturated heterocycles. The molecule has 3 nitrogen and oxygen atoms in total. The van der Waals surface area contributed by atoms with Gasteiger partial charge in [0.1, 0.15) is 5.75 Å². The summed E-state index contributed by atoms with van der Waals surface area (Å²) >= 11 is 5.80. The van der Waals surface area contributed by atoms with E-state index in [-0.39, 0.29) is 5.88 Å². The fourth-order valence-corrected chi connectivity index (χ4v) is 1.30. The highest BCUT2D eigenvalue weighted by Crippen LogP contribution is 2.27. The van der Waals surface area contributed by atoms with Gasteiger partial charge in [-0.25, -0.2) is 9.37 Å². The molecule has 1 aromatic carbocycles. The van der Waals surface area contributed by atoms with Gasteiger partial charge in [-0.15, -0.1) is 0 Å². The topological polar surface area (TPSA) is 48.1 Å². The summed E-state index contributed by atoms with van der Waals surface area (Å²) in [4.78, 5) is 3.75. The van der Waals surface area contributed by atoms with E-state index in [2.05, 4.69) is 4.98 Å². The minimum atomic E-state index is -0.532. The molecule has 0 saturated carbocycles. The lowest BCUT2D eigenvalue weighted by atomic mass is 10.3. The molecule has 1 aromatic heterocycles. The van der Waals surface area contributed by atoms with Gasteiger partial charge in [-0.2, -0.15) is 0 Å². The Morgan fingerprint density at radius 1 is 1.31 bits per heavy atom. The highest BCUT2D eigenvalue weighted by molar-refractivity contribution is 6.33. The number of anilines is 1. The number of ether oxygens (including phenoxy) is 1. The molecule has 0 aliphatic rings. The predicted octanol–water partition coefficient (Wildman–Crippen LogP) is 3.25. The second-order valence-corrected chi connectivity index (χ2v) is 3.48. The van der Waals surface area contributed by atoms with Gasteiger partial charge in [0.2, 0.25) is 0 Å². The first-order valence-corrected chi connectivity index (χ1v) is 4.88. The van der Waals surface area contributed by atoms with Crippen LogP contribution in [0.2, 0.25) is 5.02 Å². The van der Waals surface area contributed by atoms with Crippen LogP contribution in [0.25, 0.3) is 0 Å². The number of nitrogen functional groups attached to an aromatic ring is 1. The summed E-state index contributed by atoms with van der Waals surface area (Å²) in [5.41, 5.74) is 5.98. The predicted molar refractivity (Wildman–Crippen MR) is 60.1 cm³/mol. The van der Waals surface area contributed by atoms with Gasteiger partial charge < -0.3 is 10.5 Å². The van der Waals surface area contributed by atoms with Gasteiger partial charge in [-0.1, -0.05) is 11.6 Å². The first-order chi connectivity index (χ1) is 7.66. The smallest absolute Gasteiger partial charge is 0.255 e. The Morgan fingerprint density at radius 2 is 2.12 bits per heavy atom. The largest absolute Gasteiger partial charge is 0.436 e. The number of rotatable bonds is 2. The molecule has 16 heavy (non-hydrogen) atoms. The van der Waals surface area contributed by atoms with Crippen LogP contribution in [0, 0.1) is 5.82 Å². The van der Waals surface area contributed by atoms with Gasteiger partial charge in [0.05, 0.1) is 10.7 Å². The van der Waals surface area contributed by atoms with E-state index in [9.17, 15) is 4.39 Å². The van der Waals surface area contributed by atoms with Gasteiger partial charge >= 0.3 is 0 Å². The van der Waals surface area contributed by atoms with Crippen molar-refractivity contribution in [2.75, 3.05) is 5.73 Å². The average Bonchev–Trinajstić information content (AvgIpc) is 2.27. The fraction of sp³-hybridized carbons (Fsp3) is 0. The lowest BCUT2D eigenvalue weighted by Gasteiger charge is -2.06. The third-order valence-electron chi connectivity index (χ3n) is 1.91. The highest BCUT2D eigenvalue weighted by atomic mass is 35.5. The summed E-state index contributed by atoms with van der Waals surface area (Å²) in [7, 11) is 0. The Hall–Kier alpha value is -1.81. The molecule has 0 amide bonds. The molecule has 0 atom stereocenters. The Balaban J connectivity index is 2.28. The van der Waals surface area contributed by atoms with Crippen LogP contribution in [0.3, 0.4) is 0 Å². The molecule has 0 aliphatic carbocycles. The number of pyridine rings is 1. The molecule has 2 N–H and O–H groups in total. The van der Waals surface area contributed by atoms with Crippen molar-refractivity contribution in [3.05, 3.63) is 47.4 Å². The minimum Gasteiger partial charge on any atom is -0.436 e. The Bertz CT molecular complexity index is 519. The Morgan fingerprint density at radius 3 is 2.81 bits per heavy atom. The third-order valence-corrected chi connectivity index (χ3v) is 2.24. The first kappa shape index (κ1) is 10.7. The summed E-state index contributed by atoms with van der Waals surface area (Å²) in [6.07, 6.45) is 1.44. The summed E-state index contributed by atoms with van der Waals surface area (Å²) in [6.45, 7) is 0. The summed E-state index contributed by atoms with van der Waals surface area (Å²) < 4.78 is 18.4. The van der Waals surface area contributed by atoms with E-state index in [1.165, 1.54) is 24.4 Å². The van der Waals surface area contributed by atoms with Gasteiger partial charge in [-0.3, -0.25) is 0 Å². The zero-order valence-corrected chi connectivity index (χ0v) is 8.91. The van der Waals surface area contributed by atoms with E-state index in [1.807, 2.05) is 0 Å². The van der Waals surface area contributed by atoms with Crippen molar-refractivity contribution in [3.8, 4) is 11.6 Å². The molecule has 0 spiro atoms. The maximum Gasteiger partial charge on any atom is 0.255 e. The normalized spacial score (nSPS) is 10.1. The molecule has 82 valence electrons. The van der Waals surface area contributed by atoms with Crippen LogP contribution < -0.4 is 10.5 Å². The Labute approximate surface area is 96.6 Å². The van der Waals surface area contributed by atoms with Crippen molar-refractivity contribution in [2.24, 2.45) is 0 Å². The highest BCUT2D eigenvalue weighted by Gasteiger charge is 2.06. The van der Waals surface area contributed by atoms with Crippen LogP contribution >= 0.6 is 11.6 Å². The number of nitrogens with zero attached hydrogens (tertiary/aromatic N) is 1. The monoisotopic (exact) mass is 238 g/mol. The number of hydrogen-bond donors (Lipinski definition) is 1. The standard InChI is InChI=1S/C11H8ClFN2O/c12-8-6-7(3-4-10(8)14)16-11-9(13)2-1-5-15-11/h1-6H,14H2. The zero-order chi connectivity index (χ0) is 11.5. The van der Waals surface area contributed by atoms with E-state index >= 15 is 0 Å². The molecule has 0 radical (unpaired) electrons. The number of aromatic nitrogens is 1. The lowest BCUT2D eigenvalue weighted by molar-refractivity contribution is 0.423.